The molecule has 4 rings (SSSR count). The van der Waals surface area contributed by atoms with Crippen molar-refractivity contribution < 1.29 is 9.18 Å². The summed E-state index contributed by atoms with van der Waals surface area (Å²) in [6.07, 6.45) is 1.48. The molecule has 0 aliphatic carbocycles. The van der Waals surface area contributed by atoms with E-state index >= 15 is 0 Å². The Morgan fingerprint density at radius 3 is 2.52 bits per heavy atom. The number of para-hydroxylation sites is 1. The van der Waals surface area contributed by atoms with Crippen LogP contribution in [0.1, 0.15) is 21.6 Å². The molecule has 0 saturated carbocycles. The molecule has 4 aromatic rings. The van der Waals surface area contributed by atoms with Crippen LogP contribution in [0.5, 0.6) is 0 Å². The fourth-order valence-corrected chi connectivity index (χ4v) is 3.12. The zero-order valence-electron chi connectivity index (χ0n) is 15.2. The van der Waals surface area contributed by atoms with E-state index < -0.39 is 11.7 Å². The quantitative estimate of drug-likeness (QED) is 0.399. The lowest BCUT2D eigenvalue weighted by atomic mass is 10.0. The maximum atomic E-state index is 14.3. The molecule has 1 aromatic heterocycles. The van der Waals surface area contributed by atoms with Crippen LogP contribution in [-0.4, -0.2) is 17.1 Å². The second kappa shape index (κ2) is 7.79. The Labute approximate surface area is 166 Å². The Morgan fingerprint density at radius 1 is 1.03 bits per heavy atom. The van der Waals surface area contributed by atoms with Gasteiger partial charge in [-0.2, -0.15) is 10.4 Å². The van der Waals surface area contributed by atoms with Gasteiger partial charge in [-0.1, -0.05) is 54.6 Å². The van der Waals surface area contributed by atoms with E-state index in [9.17, 15) is 9.18 Å². The van der Waals surface area contributed by atoms with Gasteiger partial charge in [0.2, 0.25) is 0 Å². The van der Waals surface area contributed by atoms with E-state index in [-0.39, 0.29) is 11.2 Å². The Balaban J connectivity index is 1.67. The topological polar surface area (TPSA) is 81.0 Å². The van der Waals surface area contributed by atoms with Gasteiger partial charge in [0.1, 0.15) is 11.5 Å². The number of aromatic nitrogens is 1. The van der Waals surface area contributed by atoms with E-state index in [0.717, 1.165) is 11.1 Å². The van der Waals surface area contributed by atoms with E-state index in [1.165, 1.54) is 12.3 Å². The number of fused-ring (bicyclic) bond motifs is 1. The van der Waals surface area contributed by atoms with Crippen LogP contribution in [0.15, 0.2) is 77.9 Å². The van der Waals surface area contributed by atoms with Crippen molar-refractivity contribution in [3.63, 3.8) is 0 Å². The molecule has 140 valence electrons. The van der Waals surface area contributed by atoms with Crippen molar-refractivity contribution >= 4 is 23.0 Å². The summed E-state index contributed by atoms with van der Waals surface area (Å²) in [5.74, 6) is -0.913. The molecule has 0 saturated heterocycles. The molecule has 0 fully saturated rings. The standard InChI is InChI=1S/C23H15FN4O/c24-19-8-4-7-18-20(17-5-2-1-3-6-17)22(27-21(18)19)23(29)28-26-14-16-11-9-15(13-25)10-12-16/h1-12,14,27H,(H,28,29). The van der Waals surface area contributed by atoms with Crippen LogP contribution >= 0.6 is 0 Å². The van der Waals surface area contributed by atoms with Gasteiger partial charge in [-0.05, 0) is 29.3 Å². The molecule has 1 heterocycles. The lowest BCUT2D eigenvalue weighted by Crippen LogP contribution is -2.18. The molecule has 3 aromatic carbocycles. The SMILES string of the molecule is N#Cc1ccc(C=NNC(=O)c2[nH]c3c(F)cccc3c2-c2ccccc2)cc1. The predicted molar refractivity (Wildman–Crippen MR) is 110 cm³/mol. The fourth-order valence-electron chi connectivity index (χ4n) is 3.12. The zero-order valence-corrected chi connectivity index (χ0v) is 15.2. The average Bonchev–Trinajstić information content (AvgIpc) is 3.16. The number of hydrazone groups is 1. The monoisotopic (exact) mass is 382 g/mol. The number of nitriles is 1. The third kappa shape index (κ3) is 3.62. The van der Waals surface area contributed by atoms with Crippen LogP contribution in [0, 0.1) is 17.1 Å². The number of carbonyl (C=O) groups excluding carboxylic acids is 1. The van der Waals surface area contributed by atoms with Crippen molar-refractivity contribution in [2.75, 3.05) is 0 Å². The molecular formula is C23H15FN4O. The second-order valence-corrected chi connectivity index (χ2v) is 6.34. The molecule has 0 aliphatic rings. The van der Waals surface area contributed by atoms with Gasteiger partial charge in [-0.15, -0.1) is 0 Å². The number of H-pyrrole nitrogens is 1. The molecule has 0 bridgehead atoms. The molecule has 2 N–H and O–H groups in total. The summed E-state index contributed by atoms with van der Waals surface area (Å²) in [5.41, 5.74) is 5.67. The van der Waals surface area contributed by atoms with Gasteiger partial charge in [0, 0.05) is 10.9 Å². The summed E-state index contributed by atoms with van der Waals surface area (Å²) in [6, 6.07) is 22.9. The summed E-state index contributed by atoms with van der Waals surface area (Å²) in [7, 11) is 0. The number of halogens is 1. The average molecular weight is 382 g/mol. The summed E-state index contributed by atoms with van der Waals surface area (Å²) in [5, 5.41) is 13.4. The highest BCUT2D eigenvalue weighted by atomic mass is 19.1. The predicted octanol–water partition coefficient (Wildman–Crippen LogP) is 4.61. The number of hydrogen-bond donors (Lipinski definition) is 2. The van der Waals surface area contributed by atoms with Gasteiger partial charge in [-0.3, -0.25) is 4.79 Å². The van der Waals surface area contributed by atoms with Gasteiger partial charge >= 0.3 is 0 Å². The smallest absolute Gasteiger partial charge is 0.288 e. The lowest BCUT2D eigenvalue weighted by Gasteiger charge is -2.04. The van der Waals surface area contributed by atoms with Crippen LogP contribution in [0.2, 0.25) is 0 Å². The van der Waals surface area contributed by atoms with Gasteiger partial charge in [0.05, 0.1) is 23.4 Å². The van der Waals surface area contributed by atoms with Gasteiger partial charge in [0.25, 0.3) is 5.91 Å². The van der Waals surface area contributed by atoms with Crippen LogP contribution in [0.4, 0.5) is 4.39 Å². The van der Waals surface area contributed by atoms with Crippen molar-refractivity contribution in [3.05, 3.63) is 95.4 Å². The number of rotatable bonds is 4. The number of nitrogens with one attached hydrogen (secondary N) is 2. The highest BCUT2D eigenvalue weighted by Gasteiger charge is 2.20. The molecule has 0 radical (unpaired) electrons. The van der Waals surface area contributed by atoms with Crippen molar-refractivity contribution in [3.8, 4) is 17.2 Å². The molecule has 1 amide bonds. The minimum Gasteiger partial charge on any atom is -0.348 e. The van der Waals surface area contributed by atoms with E-state index in [0.29, 0.717) is 16.5 Å². The van der Waals surface area contributed by atoms with Crippen LogP contribution in [0.3, 0.4) is 0 Å². The van der Waals surface area contributed by atoms with Gasteiger partial charge in [0.15, 0.2) is 0 Å². The number of hydrogen-bond acceptors (Lipinski definition) is 3. The number of nitrogens with zero attached hydrogens (tertiary/aromatic N) is 2. The van der Waals surface area contributed by atoms with Crippen molar-refractivity contribution in [1.29, 1.82) is 5.26 Å². The fraction of sp³-hybridized carbons (Fsp3) is 0. The molecule has 5 nitrogen and oxygen atoms in total. The zero-order chi connectivity index (χ0) is 20.2. The Morgan fingerprint density at radius 2 is 1.79 bits per heavy atom. The number of amides is 1. The first kappa shape index (κ1) is 18.1. The first-order valence-electron chi connectivity index (χ1n) is 8.86. The first-order chi connectivity index (χ1) is 14.2. The van der Waals surface area contributed by atoms with Crippen molar-refractivity contribution in [2.45, 2.75) is 0 Å². The largest absolute Gasteiger partial charge is 0.348 e. The third-order valence-electron chi connectivity index (χ3n) is 4.49. The summed E-state index contributed by atoms with van der Waals surface area (Å²) in [6.45, 7) is 0. The summed E-state index contributed by atoms with van der Waals surface area (Å²) < 4.78 is 14.3. The van der Waals surface area contributed by atoms with Crippen LogP contribution in [-0.2, 0) is 0 Å². The third-order valence-corrected chi connectivity index (χ3v) is 4.49. The molecule has 0 unspecified atom stereocenters. The van der Waals surface area contributed by atoms with Crippen molar-refractivity contribution in [2.24, 2.45) is 5.10 Å². The molecule has 0 spiro atoms. The molecular weight excluding hydrogens is 367 g/mol. The van der Waals surface area contributed by atoms with E-state index in [1.807, 2.05) is 36.4 Å². The highest BCUT2D eigenvalue weighted by Crippen LogP contribution is 2.33. The minimum atomic E-state index is -0.482. The van der Waals surface area contributed by atoms with Crippen molar-refractivity contribution in [1.82, 2.24) is 10.4 Å². The lowest BCUT2D eigenvalue weighted by molar-refractivity contribution is 0.0951. The highest BCUT2D eigenvalue weighted by molar-refractivity contribution is 6.09. The molecule has 0 atom stereocenters. The normalized spacial score (nSPS) is 10.9. The Kier molecular flexibility index (Phi) is 4.87. The number of aromatic amines is 1. The minimum absolute atomic E-state index is 0.230. The van der Waals surface area contributed by atoms with Crippen LogP contribution < -0.4 is 5.43 Å². The first-order valence-corrected chi connectivity index (χ1v) is 8.86. The molecule has 29 heavy (non-hydrogen) atoms. The molecule has 6 heteroatoms. The Bertz CT molecular complexity index is 1250. The molecule has 0 aliphatic heterocycles. The van der Waals surface area contributed by atoms with Gasteiger partial charge in [-0.25, -0.2) is 9.82 Å². The van der Waals surface area contributed by atoms with Gasteiger partial charge < -0.3 is 4.98 Å². The van der Waals surface area contributed by atoms with E-state index in [4.69, 9.17) is 5.26 Å². The summed E-state index contributed by atoms with van der Waals surface area (Å²) >= 11 is 0. The van der Waals surface area contributed by atoms with E-state index in [2.05, 4.69) is 15.5 Å². The second-order valence-electron chi connectivity index (χ2n) is 6.34. The number of carbonyl (C=O) groups is 1. The number of benzene rings is 3. The van der Waals surface area contributed by atoms with Crippen LogP contribution in [0.25, 0.3) is 22.0 Å². The Hall–Kier alpha value is -4.24. The van der Waals surface area contributed by atoms with E-state index in [1.54, 1.807) is 36.4 Å². The maximum Gasteiger partial charge on any atom is 0.288 e. The summed E-state index contributed by atoms with van der Waals surface area (Å²) in [4.78, 5) is 15.7. The maximum absolute atomic E-state index is 14.3.